The lowest BCUT2D eigenvalue weighted by Crippen LogP contribution is -2.44. The lowest BCUT2D eigenvalue weighted by molar-refractivity contribution is 0.207. The van der Waals surface area contributed by atoms with E-state index in [0.29, 0.717) is 13.1 Å². The van der Waals surface area contributed by atoms with Crippen LogP contribution in [0.3, 0.4) is 0 Å². The minimum absolute atomic E-state index is 0.0214. The Kier molecular flexibility index (Phi) is 5.42. The molecule has 0 spiro atoms. The number of oxime groups is 1. The highest BCUT2D eigenvalue weighted by atomic mass is 16.4. The van der Waals surface area contributed by atoms with Crippen LogP contribution in [0, 0.1) is 0 Å². The number of rotatable bonds is 4. The monoisotopic (exact) mass is 188 g/mol. The zero-order valence-corrected chi connectivity index (χ0v) is 7.95. The number of amidine groups is 1. The van der Waals surface area contributed by atoms with Crippen LogP contribution in [0.4, 0.5) is 4.79 Å². The van der Waals surface area contributed by atoms with E-state index >= 15 is 0 Å². The summed E-state index contributed by atoms with van der Waals surface area (Å²) in [5.41, 5.74) is 5.26. The first-order valence-electron chi connectivity index (χ1n) is 4.14. The fourth-order valence-electron chi connectivity index (χ4n) is 0.817. The quantitative estimate of drug-likeness (QED) is 0.246. The van der Waals surface area contributed by atoms with Crippen molar-refractivity contribution in [1.82, 2.24) is 10.2 Å². The molecule has 0 rings (SSSR count). The summed E-state index contributed by atoms with van der Waals surface area (Å²) in [5.74, 6) is 0.0214. The van der Waals surface area contributed by atoms with Crippen molar-refractivity contribution in [3.63, 3.8) is 0 Å². The standard InChI is InChI=1S/C7H16N4O2/c1-3-9-7(12)11(4-2)5-6(8)10-13/h13H,3-5H2,1-2H3,(H2,8,10)(H,9,12). The van der Waals surface area contributed by atoms with Gasteiger partial charge in [-0.2, -0.15) is 0 Å². The Morgan fingerprint density at radius 2 is 2.23 bits per heavy atom. The summed E-state index contributed by atoms with van der Waals surface area (Å²) in [6.45, 7) is 4.86. The molecule has 4 N–H and O–H groups in total. The molecule has 0 fully saturated rings. The molecule has 0 aromatic heterocycles. The molecular weight excluding hydrogens is 172 g/mol. The fraction of sp³-hybridized carbons (Fsp3) is 0.714. The van der Waals surface area contributed by atoms with Gasteiger partial charge in [0.15, 0.2) is 5.84 Å². The number of likely N-dealkylation sites (N-methyl/N-ethyl adjacent to an activating group) is 1. The van der Waals surface area contributed by atoms with Gasteiger partial charge in [0.2, 0.25) is 0 Å². The molecule has 76 valence electrons. The summed E-state index contributed by atoms with van der Waals surface area (Å²) in [5, 5.41) is 13.7. The van der Waals surface area contributed by atoms with E-state index in [-0.39, 0.29) is 18.4 Å². The van der Waals surface area contributed by atoms with Gasteiger partial charge < -0.3 is 21.2 Å². The number of hydrogen-bond acceptors (Lipinski definition) is 3. The number of carbonyl (C=O) groups excluding carboxylic acids is 1. The van der Waals surface area contributed by atoms with E-state index in [1.54, 1.807) is 0 Å². The van der Waals surface area contributed by atoms with Gasteiger partial charge in [0, 0.05) is 13.1 Å². The predicted molar refractivity (Wildman–Crippen MR) is 49.7 cm³/mol. The van der Waals surface area contributed by atoms with Gasteiger partial charge in [-0.05, 0) is 13.8 Å². The molecule has 0 saturated carbocycles. The summed E-state index contributed by atoms with van der Waals surface area (Å²) in [6.07, 6.45) is 0. The van der Waals surface area contributed by atoms with E-state index < -0.39 is 0 Å². The molecule has 0 unspecified atom stereocenters. The number of hydrogen-bond donors (Lipinski definition) is 3. The summed E-state index contributed by atoms with van der Waals surface area (Å²) in [7, 11) is 0. The molecule has 6 heteroatoms. The molecule has 13 heavy (non-hydrogen) atoms. The van der Waals surface area contributed by atoms with Crippen LogP contribution in [0.2, 0.25) is 0 Å². The van der Waals surface area contributed by atoms with Crippen molar-refractivity contribution in [3.05, 3.63) is 0 Å². The number of nitrogens with two attached hydrogens (primary N) is 1. The zero-order valence-electron chi connectivity index (χ0n) is 7.95. The van der Waals surface area contributed by atoms with Gasteiger partial charge in [-0.15, -0.1) is 0 Å². The van der Waals surface area contributed by atoms with E-state index in [1.165, 1.54) is 4.90 Å². The highest BCUT2D eigenvalue weighted by Crippen LogP contribution is 1.88. The second kappa shape index (κ2) is 6.10. The van der Waals surface area contributed by atoms with Gasteiger partial charge in [0.25, 0.3) is 0 Å². The van der Waals surface area contributed by atoms with Gasteiger partial charge in [-0.25, -0.2) is 4.79 Å². The van der Waals surface area contributed by atoms with Crippen molar-refractivity contribution in [2.75, 3.05) is 19.6 Å². The number of nitrogens with zero attached hydrogens (tertiary/aromatic N) is 2. The number of carbonyl (C=O) groups is 1. The topological polar surface area (TPSA) is 91.0 Å². The van der Waals surface area contributed by atoms with Gasteiger partial charge in [-0.1, -0.05) is 5.16 Å². The van der Waals surface area contributed by atoms with Gasteiger partial charge in [0.1, 0.15) is 0 Å². The summed E-state index contributed by atoms with van der Waals surface area (Å²) in [6, 6.07) is -0.211. The smallest absolute Gasteiger partial charge is 0.317 e. The molecule has 0 aromatic carbocycles. The third kappa shape index (κ3) is 4.19. The molecule has 0 aliphatic rings. The summed E-state index contributed by atoms with van der Waals surface area (Å²) >= 11 is 0. The molecule has 0 radical (unpaired) electrons. The largest absolute Gasteiger partial charge is 0.409 e. The maximum atomic E-state index is 11.2. The lowest BCUT2D eigenvalue weighted by atomic mass is 10.5. The summed E-state index contributed by atoms with van der Waals surface area (Å²) in [4.78, 5) is 12.7. The first-order chi connectivity index (χ1) is 6.15. The molecule has 0 heterocycles. The third-order valence-corrected chi connectivity index (χ3v) is 1.48. The third-order valence-electron chi connectivity index (χ3n) is 1.48. The average Bonchev–Trinajstić information content (AvgIpc) is 2.14. The maximum absolute atomic E-state index is 11.2. The second-order valence-electron chi connectivity index (χ2n) is 2.44. The Balaban J connectivity index is 4.09. The first-order valence-corrected chi connectivity index (χ1v) is 4.14. The first kappa shape index (κ1) is 11.5. The Morgan fingerprint density at radius 1 is 1.62 bits per heavy atom. The van der Waals surface area contributed by atoms with Crippen LogP contribution >= 0.6 is 0 Å². The van der Waals surface area contributed by atoms with E-state index in [9.17, 15) is 4.79 Å². The van der Waals surface area contributed by atoms with Crippen LogP contribution in [0.1, 0.15) is 13.8 Å². The van der Waals surface area contributed by atoms with Gasteiger partial charge >= 0.3 is 6.03 Å². The van der Waals surface area contributed by atoms with E-state index in [2.05, 4.69) is 10.5 Å². The number of urea groups is 1. The van der Waals surface area contributed by atoms with Crippen molar-refractivity contribution in [2.24, 2.45) is 10.9 Å². The molecule has 0 aliphatic heterocycles. The minimum atomic E-state index is -0.211. The number of amides is 2. The number of nitrogens with one attached hydrogen (secondary N) is 1. The van der Waals surface area contributed by atoms with Crippen molar-refractivity contribution < 1.29 is 10.0 Å². The van der Waals surface area contributed by atoms with Crippen LogP contribution in [0.15, 0.2) is 5.16 Å². The molecule has 6 nitrogen and oxygen atoms in total. The molecule has 0 aliphatic carbocycles. The van der Waals surface area contributed by atoms with Crippen LogP contribution in [0.5, 0.6) is 0 Å². The summed E-state index contributed by atoms with van der Waals surface area (Å²) < 4.78 is 0. The lowest BCUT2D eigenvalue weighted by Gasteiger charge is -2.19. The molecule has 2 amide bonds. The fourth-order valence-corrected chi connectivity index (χ4v) is 0.817. The van der Waals surface area contributed by atoms with E-state index in [1.807, 2.05) is 13.8 Å². The van der Waals surface area contributed by atoms with Crippen LogP contribution in [-0.2, 0) is 0 Å². The van der Waals surface area contributed by atoms with Crippen LogP contribution < -0.4 is 11.1 Å². The van der Waals surface area contributed by atoms with Crippen molar-refractivity contribution in [2.45, 2.75) is 13.8 Å². The normalized spacial score (nSPS) is 11.1. The van der Waals surface area contributed by atoms with Gasteiger partial charge in [-0.3, -0.25) is 0 Å². The average molecular weight is 188 g/mol. The molecule has 0 atom stereocenters. The van der Waals surface area contributed by atoms with E-state index in [0.717, 1.165) is 0 Å². The SMILES string of the molecule is CCNC(=O)N(CC)CC(N)=NO. The highest BCUT2D eigenvalue weighted by Gasteiger charge is 2.11. The molecular formula is C7H16N4O2. The Morgan fingerprint density at radius 3 is 2.62 bits per heavy atom. The second-order valence-corrected chi connectivity index (χ2v) is 2.44. The Labute approximate surface area is 77.4 Å². The highest BCUT2D eigenvalue weighted by molar-refractivity contribution is 5.86. The molecule has 0 saturated heterocycles. The zero-order chi connectivity index (χ0) is 10.3. The van der Waals surface area contributed by atoms with Crippen molar-refractivity contribution in [3.8, 4) is 0 Å². The molecule has 0 aromatic rings. The predicted octanol–water partition coefficient (Wildman–Crippen LogP) is -0.216. The maximum Gasteiger partial charge on any atom is 0.317 e. The van der Waals surface area contributed by atoms with E-state index in [4.69, 9.17) is 10.9 Å². The van der Waals surface area contributed by atoms with Crippen LogP contribution in [0.25, 0.3) is 0 Å². The van der Waals surface area contributed by atoms with Crippen LogP contribution in [-0.4, -0.2) is 41.6 Å². The Hall–Kier alpha value is -1.46. The Bertz CT molecular complexity index is 193. The van der Waals surface area contributed by atoms with Crippen molar-refractivity contribution in [1.29, 1.82) is 0 Å². The van der Waals surface area contributed by atoms with Gasteiger partial charge in [0.05, 0.1) is 6.54 Å². The minimum Gasteiger partial charge on any atom is -0.409 e. The van der Waals surface area contributed by atoms with Crippen molar-refractivity contribution >= 4 is 11.9 Å². The molecule has 0 bridgehead atoms.